The highest BCUT2D eigenvalue weighted by molar-refractivity contribution is 5.73. The second kappa shape index (κ2) is 7.92. The minimum Gasteiger partial charge on any atom is -0.479 e. The highest BCUT2D eigenvalue weighted by atomic mass is 16.7. The second-order valence-electron chi connectivity index (χ2n) is 3.64. The molecular weight excluding hydrogens is 212 g/mol. The molecule has 6 heteroatoms. The molecule has 0 rings (SSSR count). The lowest BCUT2D eigenvalue weighted by Crippen LogP contribution is -2.42. The first kappa shape index (κ1) is 14.7. The van der Waals surface area contributed by atoms with Gasteiger partial charge in [-0.1, -0.05) is 20.3 Å². The van der Waals surface area contributed by atoms with Crippen molar-refractivity contribution in [3.8, 4) is 0 Å². The summed E-state index contributed by atoms with van der Waals surface area (Å²) in [5, 5.41) is 8.32. The van der Waals surface area contributed by atoms with Gasteiger partial charge in [-0.2, -0.15) is 0 Å². The van der Waals surface area contributed by atoms with Gasteiger partial charge >= 0.3 is 12.0 Å². The van der Waals surface area contributed by atoms with Gasteiger partial charge in [0.25, 0.3) is 0 Å². The van der Waals surface area contributed by atoms with Crippen LogP contribution in [0.2, 0.25) is 0 Å². The summed E-state index contributed by atoms with van der Waals surface area (Å²) >= 11 is 0. The van der Waals surface area contributed by atoms with E-state index in [2.05, 4.69) is 17.2 Å². The molecule has 0 aliphatic carbocycles. The van der Waals surface area contributed by atoms with E-state index in [1.54, 1.807) is 4.90 Å². The van der Waals surface area contributed by atoms with Crippen molar-refractivity contribution in [2.45, 2.75) is 27.2 Å². The van der Waals surface area contributed by atoms with E-state index in [0.29, 0.717) is 19.0 Å². The van der Waals surface area contributed by atoms with Crippen LogP contribution in [0, 0.1) is 5.92 Å². The van der Waals surface area contributed by atoms with Crippen molar-refractivity contribution in [2.24, 2.45) is 5.92 Å². The largest absolute Gasteiger partial charge is 0.479 e. The zero-order valence-electron chi connectivity index (χ0n) is 10.0. The number of carboxylic acids is 1. The number of carbonyl (C=O) groups excluding carboxylic acids is 1. The number of amides is 2. The van der Waals surface area contributed by atoms with Crippen molar-refractivity contribution in [3.05, 3.63) is 0 Å². The van der Waals surface area contributed by atoms with Crippen molar-refractivity contribution in [1.82, 2.24) is 10.4 Å². The van der Waals surface area contributed by atoms with Crippen molar-refractivity contribution >= 4 is 12.0 Å². The van der Waals surface area contributed by atoms with Crippen LogP contribution in [0.3, 0.4) is 0 Å². The van der Waals surface area contributed by atoms with E-state index in [-0.39, 0.29) is 0 Å². The monoisotopic (exact) mass is 232 g/mol. The third kappa shape index (κ3) is 6.23. The van der Waals surface area contributed by atoms with Crippen molar-refractivity contribution in [3.63, 3.8) is 0 Å². The Hall–Kier alpha value is -1.30. The molecule has 0 saturated carbocycles. The van der Waals surface area contributed by atoms with Gasteiger partial charge in [0, 0.05) is 13.1 Å². The van der Waals surface area contributed by atoms with Crippen LogP contribution in [0.5, 0.6) is 0 Å². The Morgan fingerprint density at radius 3 is 2.50 bits per heavy atom. The molecule has 0 saturated heterocycles. The first-order chi connectivity index (χ1) is 7.51. The third-order valence-electron chi connectivity index (χ3n) is 2.25. The zero-order chi connectivity index (χ0) is 12.6. The average molecular weight is 232 g/mol. The molecule has 0 heterocycles. The summed E-state index contributed by atoms with van der Waals surface area (Å²) in [6, 6.07) is -0.399. The molecule has 0 bridgehead atoms. The zero-order valence-corrected chi connectivity index (χ0v) is 10.0. The van der Waals surface area contributed by atoms with E-state index in [1.165, 1.54) is 0 Å². The fraction of sp³-hybridized carbons (Fsp3) is 0.800. The number of urea groups is 1. The Labute approximate surface area is 95.5 Å². The molecule has 0 aromatic carbocycles. The van der Waals surface area contributed by atoms with Crippen molar-refractivity contribution in [2.75, 3.05) is 19.7 Å². The fourth-order valence-electron chi connectivity index (χ4n) is 1.09. The van der Waals surface area contributed by atoms with Gasteiger partial charge in [-0.25, -0.2) is 15.1 Å². The second-order valence-corrected chi connectivity index (χ2v) is 3.64. The van der Waals surface area contributed by atoms with E-state index in [1.807, 2.05) is 13.8 Å². The molecule has 2 N–H and O–H groups in total. The van der Waals surface area contributed by atoms with Crippen LogP contribution in [-0.4, -0.2) is 41.7 Å². The van der Waals surface area contributed by atoms with Crippen molar-refractivity contribution in [1.29, 1.82) is 0 Å². The molecule has 16 heavy (non-hydrogen) atoms. The molecule has 94 valence electrons. The summed E-state index contributed by atoms with van der Waals surface area (Å²) in [6.45, 7) is 6.62. The number of hydrogen-bond acceptors (Lipinski definition) is 3. The smallest absolute Gasteiger partial charge is 0.341 e. The molecule has 1 atom stereocenters. The summed E-state index contributed by atoms with van der Waals surface area (Å²) < 4.78 is 0. The molecule has 1 unspecified atom stereocenters. The minimum absolute atomic E-state index is 0.399. The van der Waals surface area contributed by atoms with Gasteiger partial charge in [0.2, 0.25) is 0 Å². The van der Waals surface area contributed by atoms with Crippen molar-refractivity contribution < 1.29 is 19.5 Å². The minimum atomic E-state index is -1.12. The van der Waals surface area contributed by atoms with Crippen LogP contribution in [0.1, 0.15) is 27.2 Å². The van der Waals surface area contributed by atoms with E-state index >= 15 is 0 Å². The lowest BCUT2D eigenvalue weighted by Gasteiger charge is -2.23. The van der Waals surface area contributed by atoms with Crippen LogP contribution in [-0.2, 0) is 9.63 Å². The van der Waals surface area contributed by atoms with Crippen LogP contribution in [0.25, 0.3) is 0 Å². The molecule has 6 nitrogen and oxygen atoms in total. The quantitative estimate of drug-likeness (QED) is 0.644. The third-order valence-corrected chi connectivity index (χ3v) is 2.25. The maximum absolute atomic E-state index is 11.5. The molecule has 0 aromatic rings. The number of nitrogens with zero attached hydrogens (tertiary/aromatic N) is 1. The van der Waals surface area contributed by atoms with E-state index < -0.39 is 18.6 Å². The SMILES string of the molecule is CCC(C)CN(CC)C(=O)NOCC(=O)O. The molecule has 0 aliphatic rings. The fourth-order valence-corrected chi connectivity index (χ4v) is 1.09. The highest BCUT2D eigenvalue weighted by Crippen LogP contribution is 2.04. The number of rotatable bonds is 7. The number of hydroxylamine groups is 1. The molecule has 2 amide bonds. The van der Waals surface area contributed by atoms with Crippen LogP contribution < -0.4 is 5.48 Å². The van der Waals surface area contributed by atoms with Gasteiger partial charge in [0.1, 0.15) is 0 Å². The van der Waals surface area contributed by atoms with Gasteiger partial charge in [0.05, 0.1) is 0 Å². The topological polar surface area (TPSA) is 78.9 Å². The lowest BCUT2D eigenvalue weighted by atomic mass is 10.1. The predicted molar refractivity (Wildman–Crippen MR) is 58.8 cm³/mol. The Morgan fingerprint density at radius 1 is 1.44 bits per heavy atom. The summed E-state index contributed by atoms with van der Waals surface area (Å²) in [4.78, 5) is 27.8. The number of hydrogen-bond donors (Lipinski definition) is 2. The highest BCUT2D eigenvalue weighted by Gasteiger charge is 2.14. The van der Waals surface area contributed by atoms with Gasteiger partial charge in [-0.05, 0) is 12.8 Å². The first-order valence-electron chi connectivity index (χ1n) is 5.39. The van der Waals surface area contributed by atoms with Crippen LogP contribution in [0.4, 0.5) is 4.79 Å². The Kier molecular flexibility index (Phi) is 7.28. The number of aliphatic carboxylic acids is 1. The summed E-state index contributed by atoms with van der Waals surface area (Å²) in [5.74, 6) is -0.713. The molecule has 0 radical (unpaired) electrons. The predicted octanol–water partition coefficient (Wildman–Crippen LogP) is 1.08. The van der Waals surface area contributed by atoms with Gasteiger partial charge in [0.15, 0.2) is 6.61 Å². The number of carbonyl (C=O) groups is 2. The van der Waals surface area contributed by atoms with Gasteiger partial charge in [-0.15, -0.1) is 0 Å². The Bertz CT molecular complexity index is 233. The molecular formula is C10H20N2O4. The molecule has 0 spiro atoms. The van der Waals surface area contributed by atoms with Gasteiger partial charge < -0.3 is 10.0 Å². The molecule has 0 aliphatic heterocycles. The van der Waals surface area contributed by atoms with Crippen LogP contribution in [0.15, 0.2) is 0 Å². The number of nitrogens with one attached hydrogen (secondary N) is 1. The Balaban J connectivity index is 3.96. The Morgan fingerprint density at radius 2 is 2.06 bits per heavy atom. The first-order valence-corrected chi connectivity index (χ1v) is 5.39. The van der Waals surface area contributed by atoms with E-state index in [4.69, 9.17) is 5.11 Å². The van der Waals surface area contributed by atoms with Crippen LogP contribution >= 0.6 is 0 Å². The lowest BCUT2D eigenvalue weighted by molar-refractivity contribution is -0.144. The summed E-state index contributed by atoms with van der Waals surface area (Å²) in [6.07, 6.45) is 0.986. The van der Waals surface area contributed by atoms with E-state index in [0.717, 1.165) is 6.42 Å². The summed E-state index contributed by atoms with van der Waals surface area (Å²) in [5.41, 5.74) is 2.10. The molecule has 0 aromatic heterocycles. The maximum Gasteiger partial charge on any atom is 0.341 e. The molecule has 0 fully saturated rings. The standard InChI is InChI=1S/C10H20N2O4/c1-4-8(3)6-12(5-2)10(15)11-16-7-9(13)14/h8H,4-7H2,1-3H3,(H,11,15)(H,13,14). The number of carboxylic acid groups (broad SMARTS) is 1. The summed E-state index contributed by atoms with van der Waals surface area (Å²) in [7, 11) is 0. The average Bonchev–Trinajstić information content (AvgIpc) is 2.24. The normalized spacial score (nSPS) is 11.9. The maximum atomic E-state index is 11.5. The van der Waals surface area contributed by atoms with E-state index in [9.17, 15) is 9.59 Å². The van der Waals surface area contributed by atoms with Gasteiger partial charge in [-0.3, -0.25) is 4.84 Å².